The Bertz CT molecular complexity index is 987. The highest BCUT2D eigenvalue weighted by Crippen LogP contribution is 2.37. The molecule has 0 aliphatic carbocycles. The van der Waals surface area contributed by atoms with E-state index in [0.717, 1.165) is 5.69 Å². The van der Waals surface area contributed by atoms with Crippen molar-refractivity contribution in [3.8, 4) is 0 Å². The first kappa shape index (κ1) is 22.9. The summed E-state index contributed by atoms with van der Waals surface area (Å²) in [6.45, 7) is 5.57. The highest BCUT2D eigenvalue weighted by molar-refractivity contribution is 5.49. The first-order valence-electron chi connectivity index (χ1n) is 11.6. The summed E-state index contributed by atoms with van der Waals surface area (Å²) >= 11 is 0. The quantitative estimate of drug-likeness (QED) is 0.300. The van der Waals surface area contributed by atoms with Gasteiger partial charge in [-0.05, 0) is 34.7 Å². The van der Waals surface area contributed by atoms with Gasteiger partial charge in [-0.3, -0.25) is 10.3 Å². The molecular weight excluding hydrogens is 404 g/mol. The standard InChI is InChI=1S/C30H32N2O/c1-24(2)29(23-33-22-28-20-12-13-21-31-28)32-30(25-14-6-3-7-15-25,26-16-8-4-9-17-26)27-18-10-5-11-19-27/h3-21,24,29,32H,22-23H2,1-2H3/t29-/m0/s1. The summed E-state index contributed by atoms with van der Waals surface area (Å²) in [5, 5.41) is 4.06. The van der Waals surface area contributed by atoms with Gasteiger partial charge in [0, 0.05) is 12.2 Å². The van der Waals surface area contributed by atoms with E-state index in [9.17, 15) is 0 Å². The van der Waals surface area contributed by atoms with Crippen LogP contribution in [0.15, 0.2) is 115 Å². The highest BCUT2D eigenvalue weighted by atomic mass is 16.5. The maximum Gasteiger partial charge on any atom is 0.0950 e. The van der Waals surface area contributed by atoms with Crippen LogP contribution in [0.25, 0.3) is 0 Å². The summed E-state index contributed by atoms with van der Waals surface area (Å²) in [7, 11) is 0. The van der Waals surface area contributed by atoms with Crippen molar-refractivity contribution < 1.29 is 4.74 Å². The molecule has 1 aromatic heterocycles. The average Bonchev–Trinajstić information content (AvgIpc) is 2.88. The Morgan fingerprint density at radius 3 is 1.61 bits per heavy atom. The predicted octanol–water partition coefficient (Wildman–Crippen LogP) is 6.20. The van der Waals surface area contributed by atoms with Crippen LogP contribution >= 0.6 is 0 Å². The fourth-order valence-corrected chi connectivity index (χ4v) is 4.27. The molecule has 0 unspecified atom stereocenters. The van der Waals surface area contributed by atoms with Crippen molar-refractivity contribution in [2.24, 2.45) is 5.92 Å². The summed E-state index contributed by atoms with van der Waals surface area (Å²) < 4.78 is 6.17. The van der Waals surface area contributed by atoms with Crippen molar-refractivity contribution in [3.63, 3.8) is 0 Å². The first-order chi connectivity index (χ1) is 16.2. The van der Waals surface area contributed by atoms with Gasteiger partial charge in [0.25, 0.3) is 0 Å². The molecule has 3 nitrogen and oxygen atoms in total. The van der Waals surface area contributed by atoms with Crippen LogP contribution < -0.4 is 5.32 Å². The molecule has 0 spiro atoms. The van der Waals surface area contributed by atoms with Crippen molar-refractivity contribution >= 4 is 0 Å². The van der Waals surface area contributed by atoms with Gasteiger partial charge in [-0.1, -0.05) is 111 Å². The van der Waals surface area contributed by atoms with Crippen LogP contribution in [0.3, 0.4) is 0 Å². The molecule has 3 aromatic carbocycles. The number of benzene rings is 3. The third-order valence-electron chi connectivity index (χ3n) is 6.10. The molecule has 4 aromatic rings. The van der Waals surface area contributed by atoms with Crippen LogP contribution in [-0.2, 0) is 16.9 Å². The fraction of sp³-hybridized carbons (Fsp3) is 0.233. The van der Waals surface area contributed by atoms with E-state index in [0.29, 0.717) is 19.1 Å². The number of nitrogens with one attached hydrogen (secondary N) is 1. The van der Waals surface area contributed by atoms with Crippen molar-refractivity contribution in [2.45, 2.75) is 32.0 Å². The summed E-state index contributed by atoms with van der Waals surface area (Å²) in [5.74, 6) is 0.365. The molecule has 0 bridgehead atoms. The number of hydrogen-bond donors (Lipinski definition) is 1. The molecule has 1 atom stereocenters. The maximum atomic E-state index is 6.17. The normalized spacial score (nSPS) is 12.6. The largest absolute Gasteiger partial charge is 0.374 e. The van der Waals surface area contributed by atoms with Gasteiger partial charge in [0.1, 0.15) is 0 Å². The smallest absolute Gasteiger partial charge is 0.0950 e. The fourth-order valence-electron chi connectivity index (χ4n) is 4.27. The molecule has 33 heavy (non-hydrogen) atoms. The third-order valence-corrected chi connectivity index (χ3v) is 6.10. The Balaban J connectivity index is 1.73. The van der Waals surface area contributed by atoms with E-state index in [1.165, 1.54) is 16.7 Å². The minimum Gasteiger partial charge on any atom is -0.374 e. The van der Waals surface area contributed by atoms with E-state index in [1.807, 2.05) is 24.4 Å². The Kier molecular flexibility index (Phi) is 7.66. The second kappa shape index (κ2) is 11.0. The van der Waals surface area contributed by atoms with E-state index in [4.69, 9.17) is 4.74 Å². The molecule has 1 N–H and O–H groups in total. The molecule has 0 radical (unpaired) electrons. The molecule has 168 valence electrons. The van der Waals surface area contributed by atoms with Gasteiger partial charge in [0.05, 0.1) is 24.4 Å². The number of rotatable bonds is 10. The molecule has 3 heteroatoms. The predicted molar refractivity (Wildman–Crippen MR) is 135 cm³/mol. The lowest BCUT2D eigenvalue weighted by molar-refractivity contribution is 0.0770. The molecule has 0 saturated carbocycles. The molecule has 0 aliphatic heterocycles. The zero-order valence-corrected chi connectivity index (χ0v) is 19.4. The minimum atomic E-state index is -0.507. The Hall–Kier alpha value is -3.27. The molecule has 0 fully saturated rings. The molecule has 4 rings (SSSR count). The zero-order valence-electron chi connectivity index (χ0n) is 19.4. The lowest BCUT2D eigenvalue weighted by Gasteiger charge is -2.41. The topological polar surface area (TPSA) is 34.1 Å². The molecule has 1 heterocycles. The minimum absolute atomic E-state index is 0.120. The molecule has 0 aliphatic rings. The number of ether oxygens (including phenoxy) is 1. The number of pyridine rings is 1. The lowest BCUT2D eigenvalue weighted by atomic mass is 9.76. The van der Waals surface area contributed by atoms with Gasteiger partial charge < -0.3 is 4.74 Å². The Labute approximate surface area is 197 Å². The second-order valence-electron chi connectivity index (χ2n) is 8.68. The van der Waals surface area contributed by atoms with Gasteiger partial charge >= 0.3 is 0 Å². The monoisotopic (exact) mass is 436 g/mol. The van der Waals surface area contributed by atoms with Crippen LogP contribution in [0.5, 0.6) is 0 Å². The summed E-state index contributed by atoms with van der Waals surface area (Å²) in [5.41, 5.74) is 4.06. The number of aromatic nitrogens is 1. The summed E-state index contributed by atoms with van der Waals surface area (Å²) in [6.07, 6.45) is 1.81. The van der Waals surface area contributed by atoms with Gasteiger partial charge in [0.15, 0.2) is 0 Å². The zero-order chi connectivity index (χ0) is 22.9. The van der Waals surface area contributed by atoms with Crippen LogP contribution in [0, 0.1) is 5.92 Å². The Morgan fingerprint density at radius 2 is 1.18 bits per heavy atom. The third kappa shape index (κ3) is 5.39. The summed E-state index contributed by atoms with van der Waals surface area (Å²) in [6, 6.07) is 38.2. The van der Waals surface area contributed by atoms with E-state index < -0.39 is 5.54 Å². The Morgan fingerprint density at radius 1 is 0.697 bits per heavy atom. The van der Waals surface area contributed by atoms with E-state index >= 15 is 0 Å². The van der Waals surface area contributed by atoms with Gasteiger partial charge in [-0.2, -0.15) is 0 Å². The number of nitrogens with zero attached hydrogens (tertiary/aromatic N) is 1. The molecule has 0 saturated heterocycles. The van der Waals surface area contributed by atoms with Crippen LogP contribution in [-0.4, -0.2) is 17.6 Å². The SMILES string of the molecule is CC(C)[C@H](COCc1ccccn1)NC(c1ccccc1)(c1ccccc1)c1ccccc1. The van der Waals surface area contributed by atoms with E-state index in [-0.39, 0.29) is 6.04 Å². The van der Waals surface area contributed by atoms with Crippen LogP contribution in [0.2, 0.25) is 0 Å². The van der Waals surface area contributed by atoms with Gasteiger partial charge in [-0.25, -0.2) is 0 Å². The van der Waals surface area contributed by atoms with E-state index in [1.54, 1.807) is 0 Å². The maximum absolute atomic E-state index is 6.17. The van der Waals surface area contributed by atoms with Gasteiger partial charge in [0.2, 0.25) is 0 Å². The molecule has 0 amide bonds. The molecular formula is C30H32N2O. The highest BCUT2D eigenvalue weighted by Gasteiger charge is 2.38. The van der Waals surface area contributed by atoms with Crippen molar-refractivity contribution in [1.82, 2.24) is 10.3 Å². The van der Waals surface area contributed by atoms with Gasteiger partial charge in [-0.15, -0.1) is 0 Å². The lowest BCUT2D eigenvalue weighted by Crippen LogP contribution is -2.53. The second-order valence-corrected chi connectivity index (χ2v) is 8.68. The average molecular weight is 437 g/mol. The summed E-state index contributed by atoms with van der Waals surface area (Å²) in [4.78, 5) is 4.39. The first-order valence-corrected chi connectivity index (χ1v) is 11.6. The van der Waals surface area contributed by atoms with Crippen molar-refractivity contribution in [1.29, 1.82) is 0 Å². The van der Waals surface area contributed by atoms with Crippen molar-refractivity contribution in [3.05, 3.63) is 138 Å². The van der Waals surface area contributed by atoms with Crippen LogP contribution in [0.4, 0.5) is 0 Å². The number of hydrogen-bond acceptors (Lipinski definition) is 3. The van der Waals surface area contributed by atoms with E-state index in [2.05, 4.69) is 115 Å². The van der Waals surface area contributed by atoms with Crippen LogP contribution in [0.1, 0.15) is 36.2 Å². The van der Waals surface area contributed by atoms with Crippen molar-refractivity contribution in [2.75, 3.05) is 6.61 Å².